The van der Waals surface area contributed by atoms with E-state index in [9.17, 15) is 13.2 Å². The van der Waals surface area contributed by atoms with Gasteiger partial charge in [-0.05, 0) is 36.4 Å². The first kappa shape index (κ1) is 21.4. The zero-order chi connectivity index (χ0) is 21.8. The van der Waals surface area contributed by atoms with Gasteiger partial charge in [-0.2, -0.15) is 4.31 Å². The van der Waals surface area contributed by atoms with Crippen molar-refractivity contribution < 1.29 is 17.9 Å². The summed E-state index contributed by atoms with van der Waals surface area (Å²) < 4.78 is 32.2. The average Bonchev–Trinajstić information content (AvgIpc) is 3.28. The minimum atomic E-state index is -3.60. The number of pyridine rings is 1. The van der Waals surface area contributed by atoms with E-state index in [-0.39, 0.29) is 30.3 Å². The Hall–Kier alpha value is -2.82. The van der Waals surface area contributed by atoms with Crippen LogP contribution in [-0.2, 0) is 21.2 Å². The van der Waals surface area contributed by atoms with Crippen molar-refractivity contribution in [2.24, 2.45) is 0 Å². The maximum Gasteiger partial charge on any atom is 0.243 e. The lowest BCUT2D eigenvalue weighted by Crippen LogP contribution is -2.50. The lowest BCUT2D eigenvalue weighted by Gasteiger charge is -2.34. The third-order valence-corrected chi connectivity index (χ3v) is 7.93. The molecule has 3 heterocycles. The number of benzene rings is 1. The van der Waals surface area contributed by atoms with Gasteiger partial charge in [0.2, 0.25) is 15.9 Å². The van der Waals surface area contributed by atoms with Crippen molar-refractivity contribution in [1.82, 2.24) is 19.2 Å². The molecule has 2 aromatic heterocycles. The minimum absolute atomic E-state index is 0.0514. The first-order chi connectivity index (χ1) is 15.0. The monoisotopic (exact) mass is 458 g/mol. The van der Waals surface area contributed by atoms with Crippen molar-refractivity contribution in [1.29, 1.82) is 0 Å². The largest absolute Gasteiger partial charge is 0.497 e. The van der Waals surface area contributed by atoms with E-state index < -0.39 is 10.0 Å². The normalized spacial score (nSPS) is 15.1. The molecule has 31 heavy (non-hydrogen) atoms. The number of methoxy groups -OCH3 is 1. The van der Waals surface area contributed by atoms with Gasteiger partial charge in [0.25, 0.3) is 0 Å². The molecule has 0 spiro atoms. The van der Waals surface area contributed by atoms with Crippen molar-refractivity contribution in [2.45, 2.75) is 11.3 Å². The van der Waals surface area contributed by atoms with Crippen molar-refractivity contribution in [3.8, 4) is 16.3 Å². The van der Waals surface area contributed by atoms with Gasteiger partial charge in [-0.3, -0.25) is 9.78 Å². The Kier molecular flexibility index (Phi) is 6.30. The molecule has 8 nitrogen and oxygen atoms in total. The van der Waals surface area contributed by atoms with E-state index in [0.717, 1.165) is 10.6 Å². The number of aromatic nitrogens is 2. The first-order valence-electron chi connectivity index (χ1n) is 9.74. The summed E-state index contributed by atoms with van der Waals surface area (Å²) in [6.07, 6.45) is 3.64. The Balaban J connectivity index is 1.35. The van der Waals surface area contributed by atoms with E-state index in [2.05, 4.69) is 9.97 Å². The zero-order valence-electron chi connectivity index (χ0n) is 17.0. The molecule has 162 valence electrons. The molecule has 1 saturated heterocycles. The van der Waals surface area contributed by atoms with E-state index in [1.165, 1.54) is 34.9 Å². The molecule has 1 fully saturated rings. The highest BCUT2D eigenvalue weighted by molar-refractivity contribution is 7.89. The average molecular weight is 459 g/mol. The topological polar surface area (TPSA) is 92.7 Å². The Morgan fingerprint density at radius 3 is 2.52 bits per heavy atom. The number of piperazine rings is 1. The standard InChI is InChI=1S/C21H22N4O4S2/c1-29-18-4-6-19(7-5-18)31(27,28)25-11-9-24(10-12-25)20(26)13-17-15-30-21(23-17)16-3-2-8-22-14-16/h2-8,14-15H,9-13H2,1H3. The van der Waals surface area contributed by atoms with E-state index in [0.29, 0.717) is 24.5 Å². The molecular weight excluding hydrogens is 436 g/mol. The van der Waals surface area contributed by atoms with E-state index in [4.69, 9.17) is 4.74 Å². The molecule has 0 radical (unpaired) electrons. The third-order valence-electron chi connectivity index (χ3n) is 5.08. The Morgan fingerprint density at radius 1 is 1.13 bits per heavy atom. The fourth-order valence-electron chi connectivity index (χ4n) is 3.35. The maximum absolute atomic E-state index is 12.9. The summed E-state index contributed by atoms with van der Waals surface area (Å²) in [5.74, 6) is 0.549. The number of carbonyl (C=O) groups excluding carboxylic acids is 1. The SMILES string of the molecule is COc1ccc(S(=O)(=O)N2CCN(C(=O)Cc3csc(-c4cccnc4)n3)CC2)cc1. The predicted octanol–water partition coefficient (Wildman–Crippen LogP) is 2.29. The quantitative estimate of drug-likeness (QED) is 0.563. The van der Waals surface area contributed by atoms with Crippen LogP contribution in [0.15, 0.2) is 59.1 Å². The summed E-state index contributed by atoms with van der Waals surface area (Å²) in [5, 5.41) is 2.70. The Morgan fingerprint density at radius 2 is 1.87 bits per heavy atom. The van der Waals surface area contributed by atoms with E-state index in [1.54, 1.807) is 29.4 Å². The number of nitrogens with zero attached hydrogens (tertiary/aromatic N) is 4. The fraction of sp³-hybridized carbons (Fsp3) is 0.286. The molecule has 1 amide bonds. The van der Waals surface area contributed by atoms with Crippen LogP contribution in [0.25, 0.3) is 10.6 Å². The molecule has 10 heteroatoms. The van der Waals surface area contributed by atoms with E-state index in [1.807, 2.05) is 17.5 Å². The molecule has 4 rings (SSSR count). The van der Waals surface area contributed by atoms with Gasteiger partial charge in [0.05, 0.1) is 24.1 Å². The fourth-order valence-corrected chi connectivity index (χ4v) is 5.58. The van der Waals surface area contributed by atoms with Crippen LogP contribution in [0.3, 0.4) is 0 Å². The van der Waals surface area contributed by atoms with Gasteiger partial charge in [0.1, 0.15) is 10.8 Å². The number of rotatable bonds is 6. The highest BCUT2D eigenvalue weighted by Crippen LogP contribution is 2.24. The summed E-state index contributed by atoms with van der Waals surface area (Å²) in [6.45, 7) is 1.23. The lowest BCUT2D eigenvalue weighted by molar-refractivity contribution is -0.131. The van der Waals surface area contributed by atoms with Crippen LogP contribution in [0.4, 0.5) is 0 Å². The van der Waals surface area contributed by atoms with Crippen LogP contribution in [-0.4, -0.2) is 66.8 Å². The molecule has 0 atom stereocenters. The summed E-state index contributed by atoms with van der Waals surface area (Å²) in [5.41, 5.74) is 1.63. The van der Waals surface area contributed by atoms with Crippen molar-refractivity contribution >= 4 is 27.3 Å². The second-order valence-electron chi connectivity index (χ2n) is 7.02. The lowest BCUT2D eigenvalue weighted by atomic mass is 10.2. The second kappa shape index (κ2) is 9.13. The number of ether oxygens (including phenoxy) is 1. The van der Waals surface area contributed by atoms with Crippen molar-refractivity contribution in [2.75, 3.05) is 33.3 Å². The van der Waals surface area contributed by atoms with Crippen LogP contribution in [0.2, 0.25) is 0 Å². The maximum atomic E-state index is 12.9. The van der Waals surface area contributed by atoms with Gasteiger partial charge < -0.3 is 9.64 Å². The molecular formula is C21H22N4O4S2. The minimum Gasteiger partial charge on any atom is -0.497 e. The van der Waals surface area contributed by atoms with Crippen molar-refractivity contribution in [3.05, 3.63) is 59.9 Å². The molecule has 1 aromatic carbocycles. The van der Waals surface area contributed by atoms with E-state index >= 15 is 0 Å². The van der Waals surface area contributed by atoms with Gasteiger partial charge in [-0.15, -0.1) is 11.3 Å². The number of thiazole rings is 1. The molecule has 0 bridgehead atoms. The Bertz CT molecular complexity index is 1140. The summed E-state index contributed by atoms with van der Waals surface area (Å²) in [6, 6.07) is 10.1. The first-order valence-corrected chi connectivity index (χ1v) is 12.1. The van der Waals surface area contributed by atoms with Gasteiger partial charge in [0.15, 0.2) is 0 Å². The van der Waals surface area contributed by atoms with Crippen LogP contribution in [0, 0.1) is 0 Å². The summed E-state index contributed by atoms with van der Waals surface area (Å²) in [4.78, 5) is 23.3. The van der Waals surface area contributed by atoms with Gasteiger partial charge in [0, 0.05) is 49.5 Å². The van der Waals surface area contributed by atoms with Crippen LogP contribution in [0.5, 0.6) is 5.75 Å². The van der Waals surface area contributed by atoms with Crippen LogP contribution >= 0.6 is 11.3 Å². The molecule has 0 N–H and O–H groups in total. The third kappa shape index (κ3) is 4.76. The van der Waals surface area contributed by atoms with Gasteiger partial charge >= 0.3 is 0 Å². The number of amides is 1. The molecule has 0 unspecified atom stereocenters. The molecule has 1 aliphatic rings. The summed E-state index contributed by atoms with van der Waals surface area (Å²) in [7, 11) is -2.07. The molecule has 0 aliphatic carbocycles. The molecule has 0 saturated carbocycles. The Labute approximate surface area is 185 Å². The van der Waals surface area contributed by atoms with Crippen LogP contribution < -0.4 is 4.74 Å². The van der Waals surface area contributed by atoms with Crippen LogP contribution in [0.1, 0.15) is 5.69 Å². The molecule has 1 aliphatic heterocycles. The highest BCUT2D eigenvalue weighted by Gasteiger charge is 2.30. The number of hydrogen-bond donors (Lipinski definition) is 0. The second-order valence-corrected chi connectivity index (χ2v) is 9.82. The van der Waals surface area contributed by atoms with Gasteiger partial charge in [-0.1, -0.05) is 0 Å². The van der Waals surface area contributed by atoms with Gasteiger partial charge in [-0.25, -0.2) is 13.4 Å². The zero-order valence-corrected chi connectivity index (χ0v) is 18.6. The number of sulfonamides is 1. The number of carbonyl (C=O) groups is 1. The highest BCUT2D eigenvalue weighted by atomic mass is 32.2. The predicted molar refractivity (Wildman–Crippen MR) is 117 cm³/mol. The van der Waals surface area contributed by atoms with Crippen molar-refractivity contribution in [3.63, 3.8) is 0 Å². The smallest absolute Gasteiger partial charge is 0.243 e. The summed E-state index contributed by atoms with van der Waals surface area (Å²) >= 11 is 1.48. The molecule has 3 aromatic rings. The number of hydrogen-bond acceptors (Lipinski definition) is 7.